The number of hydrogen-bond donors (Lipinski definition) is 1. The van der Waals surface area contributed by atoms with Gasteiger partial charge in [-0.05, 0) is 37.9 Å². The lowest BCUT2D eigenvalue weighted by Gasteiger charge is -2.18. The van der Waals surface area contributed by atoms with E-state index < -0.39 is 6.04 Å². The summed E-state index contributed by atoms with van der Waals surface area (Å²) < 4.78 is 5.09. The fraction of sp³-hybridized carbons (Fsp3) is 0.500. The van der Waals surface area contributed by atoms with Crippen LogP contribution in [-0.4, -0.2) is 25.7 Å². The molecule has 20 heavy (non-hydrogen) atoms. The Kier molecular flexibility index (Phi) is 7.17. The molecule has 0 aliphatic rings. The van der Waals surface area contributed by atoms with Crippen molar-refractivity contribution in [3.63, 3.8) is 0 Å². The summed E-state index contributed by atoms with van der Waals surface area (Å²) in [6, 6.07) is 7.27. The van der Waals surface area contributed by atoms with Crippen molar-refractivity contribution in [2.45, 2.75) is 26.3 Å². The van der Waals surface area contributed by atoms with Crippen molar-refractivity contribution < 1.29 is 9.53 Å². The van der Waals surface area contributed by atoms with Crippen molar-refractivity contribution in [2.75, 3.05) is 19.7 Å². The van der Waals surface area contributed by atoms with Crippen LogP contribution in [-0.2, 0) is 9.53 Å². The summed E-state index contributed by atoms with van der Waals surface area (Å²) >= 11 is 0. The fourth-order valence-electron chi connectivity index (χ4n) is 1.85. The van der Waals surface area contributed by atoms with E-state index in [2.05, 4.69) is 15.3 Å². The Labute approximate surface area is 118 Å². The molecule has 0 aromatic heterocycles. The zero-order chi connectivity index (χ0) is 14.8. The van der Waals surface area contributed by atoms with Gasteiger partial charge in [0.2, 0.25) is 0 Å². The minimum Gasteiger partial charge on any atom is -0.465 e. The molecule has 6 nitrogen and oxygen atoms in total. The number of esters is 1. The summed E-state index contributed by atoms with van der Waals surface area (Å²) in [6.07, 6.45) is 0.672. The van der Waals surface area contributed by atoms with Gasteiger partial charge in [0.15, 0.2) is 0 Å². The second kappa shape index (κ2) is 8.96. The largest absolute Gasteiger partial charge is 0.465 e. The normalized spacial score (nSPS) is 11.5. The smallest absolute Gasteiger partial charge is 0.327 e. The fourth-order valence-corrected chi connectivity index (χ4v) is 1.85. The molecule has 0 aliphatic heterocycles. The SMILES string of the molecule is CCOC(=O)C(NCCCN=[N+]=[N-])c1cccc(C)c1. The molecule has 6 heteroatoms. The van der Waals surface area contributed by atoms with Gasteiger partial charge in [0.1, 0.15) is 6.04 Å². The van der Waals surface area contributed by atoms with Crippen LogP contribution < -0.4 is 5.32 Å². The van der Waals surface area contributed by atoms with Gasteiger partial charge in [0.25, 0.3) is 0 Å². The Hall–Kier alpha value is -2.04. The summed E-state index contributed by atoms with van der Waals surface area (Å²) in [6.45, 7) is 5.10. The highest BCUT2D eigenvalue weighted by atomic mass is 16.5. The molecule has 1 unspecified atom stereocenters. The molecule has 0 saturated carbocycles. The molecule has 0 aliphatic carbocycles. The number of aryl methyl sites for hydroxylation is 1. The molecule has 1 atom stereocenters. The van der Waals surface area contributed by atoms with Gasteiger partial charge < -0.3 is 10.1 Å². The van der Waals surface area contributed by atoms with E-state index in [1.165, 1.54) is 0 Å². The van der Waals surface area contributed by atoms with Crippen molar-refractivity contribution in [2.24, 2.45) is 5.11 Å². The quantitative estimate of drug-likeness (QED) is 0.260. The van der Waals surface area contributed by atoms with E-state index in [1.54, 1.807) is 6.92 Å². The monoisotopic (exact) mass is 276 g/mol. The van der Waals surface area contributed by atoms with Crippen molar-refractivity contribution >= 4 is 5.97 Å². The van der Waals surface area contributed by atoms with Gasteiger partial charge in [0.05, 0.1) is 6.61 Å². The van der Waals surface area contributed by atoms with Gasteiger partial charge in [-0.2, -0.15) is 0 Å². The molecule has 0 spiro atoms. The zero-order valence-electron chi connectivity index (χ0n) is 11.9. The highest BCUT2D eigenvalue weighted by molar-refractivity contribution is 5.77. The van der Waals surface area contributed by atoms with Crippen LogP contribution in [0.25, 0.3) is 10.4 Å². The Bertz CT molecular complexity index is 484. The van der Waals surface area contributed by atoms with E-state index in [1.807, 2.05) is 31.2 Å². The van der Waals surface area contributed by atoms with E-state index in [0.717, 1.165) is 11.1 Å². The van der Waals surface area contributed by atoms with Gasteiger partial charge in [-0.15, -0.1) is 0 Å². The van der Waals surface area contributed by atoms with Gasteiger partial charge in [0, 0.05) is 11.5 Å². The molecule has 1 aromatic carbocycles. The molecular formula is C14H20N4O2. The van der Waals surface area contributed by atoms with Crippen LogP contribution in [0.3, 0.4) is 0 Å². The summed E-state index contributed by atoms with van der Waals surface area (Å²) in [5.41, 5.74) is 10.2. The molecule has 0 heterocycles. The summed E-state index contributed by atoms with van der Waals surface area (Å²) in [5.74, 6) is -0.290. The highest BCUT2D eigenvalue weighted by Gasteiger charge is 2.20. The third-order valence-electron chi connectivity index (χ3n) is 2.74. The van der Waals surface area contributed by atoms with Crippen molar-refractivity contribution in [3.8, 4) is 0 Å². The molecule has 1 N–H and O–H groups in total. The maximum Gasteiger partial charge on any atom is 0.327 e. The first-order valence-corrected chi connectivity index (χ1v) is 6.66. The lowest BCUT2D eigenvalue weighted by atomic mass is 10.0. The van der Waals surface area contributed by atoms with Crippen LogP contribution in [0.1, 0.15) is 30.5 Å². The van der Waals surface area contributed by atoms with E-state index in [0.29, 0.717) is 26.1 Å². The van der Waals surface area contributed by atoms with Crippen molar-refractivity contribution in [1.82, 2.24) is 5.32 Å². The topological polar surface area (TPSA) is 87.1 Å². The molecule has 0 radical (unpaired) electrons. The second-order valence-electron chi connectivity index (χ2n) is 4.36. The van der Waals surface area contributed by atoms with E-state index in [-0.39, 0.29) is 5.97 Å². The standard InChI is InChI=1S/C14H20N4O2/c1-3-20-14(19)13(16-8-5-9-17-18-15)12-7-4-6-11(2)10-12/h4,6-7,10,13,16H,3,5,8-9H2,1-2H3. The zero-order valence-corrected chi connectivity index (χ0v) is 11.9. The van der Waals surface area contributed by atoms with E-state index in [9.17, 15) is 4.79 Å². The van der Waals surface area contributed by atoms with Crippen molar-refractivity contribution in [1.29, 1.82) is 0 Å². The number of carbonyl (C=O) groups is 1. The predicted octanol–water partition coefficient (Wildman–Crippen LogP) is 2.89. The lowest BCUT2D eigenvalue weighted by Crippen LogP contribution is -2.31. The molecule has 108 valence electrons. The summed E-state index contributed by atoms with van der Waals surface area (Å²) in [4.78, 5) is 14.7. The van der Waals surface area contributed by atoms with E-state index in [4.69, 9.17) is 10.3 Å². The van der Waals surface area contributed by atoms with Gasteiger partial charge in [-0.3, -0.25) is 0 Å². The van der Waals surface area contributed by atoms with Crippen LogP contribution in [0.4, 0.5) is 0 Å². The molecular weight excluding hydrogens is 256 g/mol. The van der Waals surface area contributed by atoms with Crippen LogP contribution in [0.5, 0.6) is 0 Å². The first-order valence-electron chi connectivity index (χ1n) is 6.66. The van der Waals surface area contributed by atoms with Gasteiger partial charge in [-0.25, -0.2) is 4.79 Å². The summed E-state index contributed by atoms with van der Waals surface area (Å²) in [5, 5.41) is 6.61. The van der Waals surface area contributed by atoms with Crippen LogP contribution in [0.2, 0.25) is 0 Å². The number of benzene rings is 1. The molecule has 0 fully saturated rings. The minimum atomic E-state index is -0.485. The second-order valence-corrected chi connectivity index (χ2v) is 4.36. The molecule has 0 bridgehead atoms. The third-order valence-corrected chi connectivity index (χ3v) is 2.74. The molecule has 0 saturated heterocycles. The molecule has 1 rings (SSSR count). The number of rotatable bonds is 8. The molecule has 0 amide bonds. The Morgan fingerprint density at radius 3 is 3.00 bits per heavy atom. The van der Waals surface area contributed by atoms with Crippen LogP contribution in [0.15, 0.2) is 29.4 Å². The number of nitrogens with one attached hydrogen (secondary N) is 1. The van der Waals surface area contributed by atoms with Crippen LogP contribution >= 0.6 is 0 Å². The maximum absolute atomic E-state index is 12.0. The van der Waals surface area contributed by atoms with Gasteiger partial charge >= 0.3 is 5.97 Å². The Morgan fingerprint density at radius 2 is 2.35 bits per heavy atom. The minimum absolute atomic E-state index is 0.290. The molecule has 1 aromatic rings. The maximum atomic E-state index is 12.0. The van der Waals surface area contributed by atoms with E-state index >= 15 is 0 Å². The number of nitrogens with zero attached hydrogens (tertiary/aromatic N) is 3. The average molecular weight is 276 g/mol. The number of carbonyl (C=O) groups excluding carboxylic acids is 1. The average Bonchev–Trinajstić information content (AvgIpc) is 2.43. The van der Waals surface area contributed by atoms with Crippen molar-refractivity contribution in [3.05, 3.63) is 45.8 Å². The number of hydrogen-bond acceptors (Lipinski definition) is 4. The lowest BCUT2D eigenvalue weighted by molar-refractivity contribution is -0.145. The Balaban J connectivity index is 2.70. The highest BCUT2D eigenvalue weighted by Crippen LogP contribution is 2.16. The van der Waals surface area contributed by atoms with Crippen LogP contribution in [0, 0.1) is 6.92 Å². The predicted molar refractivity (Wildman–Crippen MR) is 77.2 cm³/mol. The Morgan fingerprint density at radius 1 is 1.55 bits per heavy atom. The van der Waals surface area contributed by atoms with Gasteiger partial charge in [-0.1, -0.05) is 34.9 Å². The first kappa shape index (κ1) is 16.0. The third kappa shape index (κ3) is 5.30. The summed E-state index contributed by atoms with van der Waals surface area (Å²) in [7, 11) is 0. The first-order chi connectivity index (χ1) is 9.69. The number of azide groups is 1. The number of ether oxygens (including phenoxy) is 1.